The van der Waals surface area contributed by atoms with Crippen molar-refractivity contribution in [3.63, 3.8) is 0 Å². The van der Waals surface area contributed by atoms with Crippen LogP contribution >= 0.6 is 11.6 Å². The van der Waals surface area contributed by atoms with Gasteiger partial charge in [0.05, 0.1) is 5.92 Å². The molecule has 0 heterocycles. The van der Waals surface area contributed by atoms with Crippen molar-refractivity contribution in [1.29, 1.82) is 0 Å². The van der Waals surface area contributed by atoms with Gasteiger partial charge in [0.1, 0.15) is 5.75 Å². The van der Waals surface area contributed by atoms with Crippen molar-refractivity contribution in [2.24, 2.45) is 5.92 Å². The molecule has 0 atom stereocenters. The number of allylic oxidation sites excluding steroid dienone is 1. The topological polar surface area (TPSA) is 43.4 Å². The smallest absolute Gasteiger partial charge is 0.314 e. The summed E-state index contributed by atoms with van der Waals surface area (Å²) < 4.78 is 5.53. The predicted molar refractivity (Wildman–Crippen MR) is 103 cm³/mol. The SMILES string of the molecule is O=C(C=Cc1cccc(OC(=O)C2CCCCC2)c1)c1ccc(Cl)cc1. The Kier molecular flexibility index (Phi) is 6.24. The largest absolute Gasteiger partial charge is 0.426 e. The molecule has 3 rings (SSSR count). The molecule has 0 radical (unpaired) electrons. The van der Waals surface area contributed by atoms with Crippen molar-refractivity contribution in [3.05, 3.63) is 70.8 Å². The number of hydrogen-bond donors (Lipinski definition) is 0. The van der Waals surface area contributed by atoms with Crippen LogP contribution in [-0.4, -0.2) is 11.8 Å². The minimum atomic E-state index is -0.150. The molecule has 0 aliphatic heterocycles. The lowest BCUT2D eigenvalue weighted by Gasteiger charge is -2.19. The lowest BCUT2D eigenvalue weighted by atomic mass is 9.89. The fraction of sp³-hybridized carbons (Fsp3) is 0.273. The van der Waals surface area contributed by atoms with Crippen molar-refractivity contribution in [2.75, 3.05) is 0 Å². The molecular weight excluding hydrogens is 348 g/mol. The Balaban J connectivity index is 1.64. The number of ether oxygens (including phenoxy) is 1. The number of carbonyl (C=O) groups is 2. The molecule has 0 spiro atoms. The van der Waals surface area contributed by atoms with Gasteiger partial charge < -0.3 is 4.74 Å². The maximum absolute atomic E-state index is 12.3. The second-order valence-electron chi connectivity index (χ2n) is 6.53. The molecule has 2 aromatic carbocycles. The molecule has 134 valence electrons. The van der Waals surface area contributed by atoms with Gasteiger partial charge in [-0.25, -0.2) is 0 Å². The van der Waals surface area contributed by atoms with Crippen molar-refractivity contribution in [1.82, 2.24) is 0 Å². The zero-order valence-electron chi connectivity index (χ0n) is 14.5. The molecule has 0 saturated heterocycles. The summed E-state index contributed by atoms with van der Waals surface area (Å²) in [5.74, 6) is 0.269. The van der Waals surface area contributed by atoms with Gasteiger partial charge in [0.25, 0.3) is 0 Å². The summed E-state index contributed by atoms with van der Waals surface area (Å²) in [5, 5.41) is 0.595. The Hall–Kier alpha value is -2.39. The lowest BCUT2D eigenvalue weighted by Crippen LogP contribution is -2.22. The van der Waals surface area contributed by atoms with E-state index in [0.29, 0.717) is 16.3 Å². The predicted octanol–water partition coefficient (Wildman–Crippen LogP) is 5.72. The molecule has 4 heteroatoms. The Morgan fingerprint density at radius 2 is 1.73 bits per heavy atom. The second-order valence-corrected chi connectivity index (χ2v) is 6.97. The molecule has 2 aromatic rings. The molecule has 1 aliphatic rings. The Morgan fingerprint density at radius 3 is 2.46 bits per heavy atom. The summed E-state index contributed by atoms with van der Waals surface area (Å²) in [6.45, 7) is 0. The van der Waals surface area contributed by atoms with Gasteiger partial charge in [-0.2, -0.15) is 0 Å². The van der Waals surface area contributed by atoms with E-state index in [-0.39, 0.29) is 17.7 Å². The van der Waals surface area contributed by atoms with Crippen molar-refractivity contribution >= 4 is 29.4 Å². The van der Waals surface area contributed by atoms with E-state index in [0.717, 1.165) is 31.2 Å². The monoisotopic (exact) mass is 368 g/mol. The molecule has 0 unspecified atom stereocenters. The second kappa shape index (κ2) is 8.81. The van der Waals surface area contributed by atoms with Gasteiger partial charge in [0.2, 0.25) is 0 Å². The number of rotatable bonds is 5. The third kappa shape index (κ3) is 5.06. The maximum atomic E-state index is 12.3. The number of carbonyl (C=O) groups excluding carboxylic acids is 2. The van der Waals surface area contributed by atoms with Crippen LogP contribution in [0.2, 0.25) is 5.02 Å². The van der Waals surface area contributed by atoms with E-state index in [1.54, 1.807) is 42.5 Å². The molecule has 0 N–H and O–H groups in total. The van der Waals surface area contributed by atoms with Gasteiger partial charge in [0.15, 0.2) is 5.78 Å². The van der Waals surface area contributed by atoms with Gasteiger partial charge >= 0.3 is 5.97 Å². The standard InChI is InChI=1S/C22H21ClO3/c23-19-12-10-17(11-13-19)21(24)14-9-16-5-4-8-20(15-16)26-22(25)18-6-2-1-3-7-18/h4-5,8-15,18H,1-3,6-7H2. The van der Waals surface area contributed by atoms with Crippen LogP contribution in [0, 0.1) is 5.92 Å². The zero-order valence-corrected chi connectivity index (χ0v) is 15.2. The fourth-order valence-corrected chi connectivity index (χ4v) is 3.23. The van der Waals surface area contributed by atoms with Crippen LogP contribution in [0.3, 0.4) is 0 Å². The number of halogens is 1. The first-order valence-electron chi connectivity index (χ1n) is 8.91. The first kappa shape index (κ1) is 18.4. The van der Waals surface area contributed by atoms with Crippen LogP contribution in [0.15, 0.2) is 54.6 Å². The maximum Gasteiger partial charge on any atom is 0.314 e. The molecule has 0 aromatic heterocycles. The van der Waals surface area contributed by atoms with E-state index in [9.17, 15) is 9.59 Å². The Labute approximate surface area is 158 Å². The van der Waals surface area contributed by atoms with Crippen molar-refractivity contribution in [3.8, 4) is 5.75 Å². The fourth-order valence-electron chi connectivity index (χ4n) is 3.10. The summed E-state index contributed by atoms with van der Waals surface area (Å²) in [6.07, 6.45) is 8.43. The third-order valence-electron chi connectivity index (χ3n) is 4.57. The van der Waals surface area contributed by atoms with Crippen LogP contribution in [-0.2, 0) is 4.79 Å². The summed E-state index contributed by atoms with van der Waals surface area (Å²) in [5.41, 5.74) is 1.38. The summed E-state index contributed by atoms with van der Waals surface area (Å²) in [7, 11) is 0. The number of esters is 1. The minimum Gasteiger partial charge on any atom is -0.426 e. The van der Waals surface area contributed by atoms with E-state index in [1.165, 1.54) is 12.5 Å². The first-order valence-corrected chi connectivity index (χ1v) is 9.29. The number of ketones is 1. The lowest BCUT2D eigenvalue weighted by molar-refractivity contribution is -0.139. The first-order chi connectivity index (χ1) is 12.6. The number of hydrogen-bond acceptors (Lipinski definition) is 3. The molecule has 0 amide bonds. The zero-order chi connectivity index (χ0) is 18.4. The van der Waals surface area contributed by atoms with Crippen LogP contribution in [0.5, 0.6) is 5.75 Å². The highest BCUT2D eigenvalue weighted by Gasteiger charge is 2.22. The Morgan fingerprint density at radius 1 is 1.00 bits per heavy atom. The normalized spacial score (nSPS) is 15.1. The van der Waals surface area contributed by atoms with Crippen LogP contribution in [0.25, 0.3) is 6.08 Å². The van der Waals surface area contributed by atoms with E-state index in [4.69, 9.17) is 16.3 Å². The van der Waals surface area contributed by atoms with Gasteiger partial charge in [-0.3, -0.25) is 9.59 Å². The molecule has 3 nitrogen and oxygen atoms in total. The average Bonchev–Trinajstić information content (AvgIpc) is 2.67. The van der Waals surface area contributed by atoms with Crippen LogP contribution in [0.1, 0.15) is 48.0 Å². The highest BCUT2D eigenvalue weighted by molar-refractivity contribution is 6.30. The van der Waals surface area contributed by atoms with Crippen molar-refractivity contribution in [2.45, 2.75) is 32.1 Å². The summed E-state index contributed by atoms with van der Waals surface area (Å²) >= 11 is 5.83. The molecular formula is C22H21ClO3. The Bertz CT molecular complexity index is 802. The van der Waals surface area contributed by atoms with E-state index < -0.39 is 0 Å². The molecule has 0 bridgehead atoms. The highest BCUT2D eigenvalue weighted by atomic mass is 35.5. The average molecular weight is 369 g/mol. The number of benzene rings is 2. The van der Waals surface area contributed by atoms with E-state index >= 15 is 0 Å². The van der Waals surface area contributed by atoms with Gasteiger partial charge in [0, 0.05) is 10.6 Å². The molecule has 1 fully saturated rings. The summed E-state index contributed by atoms with van der Waals surface area (Å²) in [4.78, 5) is 24.4. The quantitative estimate of drug-likeness (QED) is 0.293. The van der Waals surface area contributed by atoms with Crippen LogP contribution < -0.4 is 4.74 Å². The molecule has 26 heavy (non-hydrogen) atoms. The van der Waals surface area contributed by atoms with Gasteiger partial charge in [-0.1, -0.05) is 49.1 Å². The van der Waals surface area contributed by atoms with Crippen LogP contribution in [0.4, 0.5) is 0 Å². The minimum absolute atomic E-state index is 0.00873. The van der Waals surface area contributed by atoms with Crippen molar-refractivity contribution < 1.29 is 14.3 Å². The van der Waals surface area contributed by atoms with Gasteiger partial charge in [-0.15, -0.1) is 0 Å². The molecule has 1 aliphatic carbocycles. The third-order valence-corrected chi connectivity index (χ3v) is 4.82. The molecule has 1 saturated carbocycles. The van der Waals surface area contributed by atoms with Gasteiger partial charge in [-0.05, 0) is 60.9 Å². The van der Waals surface area contributed by atoms with E-state index in [2.05, 4.69) is 0 Å². The van der Waals surface area contributed by atoms with E-state index in [1.807, 2.05) is 12.1 Å². The summed E-state index contributed by atoms with van der Waals surface area (Å²) in [6, 6.07) is 14.0. The highest BCUT2D eigenvalue weighted by Crippen LogP contribution is 2.26.